The average molecular weight is 381 g/mol. The molecular weight excluding hydrogens is 353 g/mol. The van der Waals surface area contributed by atoms with Crippen LogP contribution >= 0.6 is 24.0 Å². The SMILES string of the molecule is CN=C(NCCCC(C)C)NC1CC2CCC1O2.I. The van der Waals surface area contributed by atoms with Gasteiger partial charge in [-0.3, -0.25) is 4.99 Å². The van der Waals surface area contributed by atoms with Gasteiger partial charge >= 0.3 is 0 Å². The van der Waals surface area contributed by atoms with Gasteiger partial charge in [0.15, 0.2) is 5.96 Å². The first kappa shape index (κ1) is 17.0. The van der Waals surface area contributed by atoms with E-state index >= 15 is 0 Å². The second-order valence-electron chi connectivity index (χ2n) is 5.90. The lowest BCUT2D eigenvalue weighted by Crippen LogP contribution is -2.47. The number of nitrogens with zero attached hydrogens (tertiary/aromatic N) is 1. The van der Waals surface area contributed by atoms with Crippen molar-refractivity contribution in [3.05, 3.63) is 0 Å². The van der Waals surface area contributed by atoms with Crippen LogP contribution in [0.3, 0.4) is 0 Å². The number of rotatable bonds is 5. The molecule has 2 aliphatic rings. The zero-order valence-corrected chi connectivity index (χ0v) is 14.6. The molecule has 0 amide bonds. The Hall–Kier alpha value is -0.0400. The molecule has 2 heterocycles. The largest absolute Gasteiger partial charge is 0.373 e. The monoisotopic (exact) mass is 381 g/mol. The third-order valence-corrected chi connectivity index (χ3v) is 3.90. The number of hydrogen-bond donors (Lipinski definition) is 2. The molecule has 0 aromatic carbocycles. The van der Waals surface area contributed by atoms with Crippen molar-refractivity contribution in [1.29, 1.82) is 0 Å². The lowest BCUT2D eigenvalue weighted by atomic mass is 9.96. The molecule has 0 saturated carbocycles. The van der Waals surface area contributed by atoms with Crippen LogP contribution in [-0.2, 0) is 4.74 Å². The molecule has 3 atom stereocenters. The summed E-state index contributed by atoms with van der Waals surface area (Å²) < 4.78 is 5.84. The number of aliphatic imine (C=N–C) groups is 1. The molecule has 3 unspecified atom stereocenters. The van der Waals surface area contributed by atoms with Crippen LogP contribution < -0.4 is 10.6 Å². The van der Waals surface area contributed by atoms with Gasteiger partial charge in [-0.1, -0.05) is 13.8 Å². The molecule has 0 radical (unpaired) electrons. The van der Waals surface area contributed by atoms with Crippen molar-refractivity contribution in [1.82, 2.24) is 10.6 Å². The van der Waals surface area contributed by atoms with Gasteiger partial charge < -0.3 is 15.4 Å². The van der Waals surface area contributed by atoms with E-state index in [9.17, 15) is 0 Å². The smallest absolute Gasteiger partial charge is 0.191 e. The quantitative estimate of drug-likeness (QED) is 0.333. The standard InChI is InChI=1S/C14H27N3O.HI/c1-10(2)5-4-8-16-14(15-3)17-12-9-11-6-7-13(12)18-11;/h10-13H,4-9H2,1-3H3,(H2,15,16,17);1H. The van der Waals surface area contributed by atoms with E-state index in [1.165, 1.54) is 25.7 Å². The third-order valence-electron chi connectivity index (χ3n) is 3.90. The van der Waals surface area contributed by atoms with Crippen LogP contribution in [-0.4, -0.2) is 37.8 Å². The Morgan fingerprint density at radius 3 is 2.68 bits per heavy atom. The highest BCUT2D eigenvalue weighted by atomic mass is 127. The van der Waals surface area contributed by atoms with Crippen molar-refractivity contribution in [3.63, 3.8) is 0 Å². The highest BCUT2D eigenvalue weighted by Gasteiger charge is 2.40. The summed E-state index contributed by atoms with van der Waals surface area (Å²) in [7, 11) is 1.84. The minimum Gasteiger partial charge on any atom is -0.373 e. The van der Waals surface area contributed by atoms with Crippen LogP contribution in [0.5, 0.6) is 0 Å². The number of fused-ring (bicyclic) bond motifs is 2. The van der Waals surface area contributed by atoms with Crippen molar-refractivity contribution in [2.45, 2.75) is 64.2 Å². The molecule has 2 bridgehead atoms. The summed E-state index contributed by atoms with van der Waals surface area (Å²) in [5.74, 6) is 1.71. The van der Waals surface area contributed by atoms with E-state index < -0.39 is 0 Å². The number of nitrogens with one attached hydrogen (secondary N) is 2. The van der Waals surface area contributed by atoms with E-state index in [0.29, 0.717) is 18.2 Å². The fraction of sp³-hybridized carbons (Fsp3) is 0.929. The first-order chi connectivity index (χ1) is 8.69. The highest BCUT2D eigenvalue weighted by molar-refractivity contribution is 14.0. The Morgan fingerprint density at radius 1 is 1.37 bits per heavy atom. The van der Waals surface area contributed by atoms with Gasteiger partial charge in [0.2, 0.25) is 0 Å². The van der Waals surface area contributed by atoms with E-state index in [4.69, 9.17) is 4.74 Å². The second kappa shape index (κ2) is 8.29. The van der Waals surface area contributed by atoms with Crippen LogP contribution in [0.15, 0.2) is 4.99 Å². The Labute approximate surface area is 134 Å². The van der Waals surface area contributed by atoms with Gasteiger partial charge in [-0.15, -0.1) is 24.0 Å². The average Bonchev–Trinajstić information content (AvgIpc) is 2.94. The molecule has 0 spiro atoms. The lowest BCUT2D eigenvalue weighted by molar-refractivity contribution is 0.0992. The first-order valence-corrected chi connectivity index (χ1v) is 7.31. The van der Waals surface area contributed by atoms with Crippen molar-refractivity contribution < 1.29 is 4.74 Å². The van der Waals surface area contributed by atoms with Gasteiger partial charge in [0.25, 0.3) is 0 Å². The van der Waals surface area contributed by atoms with Crippen LogP contribution in [0.25, 0.3) is 0 Å². The van der Waals surface area contributed by atoms with E-state index in [1.807, 2.05) is 7.05 Å². The molecule has 5 heteroatoms. The molecule has 2 saturated heterocycles. The Morgan fingerprint density at radius 2 is 2.16 bits per heavy atom. The van der Waals surface area contributed by atoms with Crippen LogP contribution in [0.4, 0.5) is 0 Å². The summed E-state index contributed by atoms with van der Waals surface area (Å²) in [5, 5.41) is 6.89. The number of hydrogen-bond acceptors (Lipinski definition) is 2. The molecule has 2 N–H and O–H groups in total. The summed E-state index contributed by atoms with van der Waals surface area (Å²) in [4.78, 5) is 4.29. The Bertz CT molecular complexity index is 296. The van der Waals surface area contributed by atoms with E-state index in [-0.39, 0.29) is 24.0 Å². The second-order valence-corrected chi connectivity index (χ2v) is 5.90. The van der Waals surface area contributed by atoms with Crippen LogP contribution in [0.1, 0.15) is 46.0 Å². The summed E-state index contributed by atoms with van der Waals surface area (Å²) in [6.07, 6.45) is 6.94. The molecule has 0 aromatic rings. The topological polar surface area (TPSA) is 45.7 Å². The van der Waals surface area contributed by atoms with E-state index in [2.05, 4.69) is 29.5 Å². The van der Waals surface area contributed by atoms with Gasteiger partial charge in [-0.2, -0.15) is 0 Å². The normalized spacial score (nSPS) is 29.5. The number of halogens is 1. The fourth-order valence-corrected chi connectivity index (χ4v) is 2.88. The van der Waals surface area contributed by atoms with Crippen molar-refractivity contribution in [3.8, 4) is 0 Å². The molecule has 0 aliphatic carbocycles. The zero-order chi connectivity index (χ0) is 13.0. The van der Waals surface area contributed by atoms with E-state index in [1.54, 1.807) is 0 Å². The van der Waals surface area contributed by atoms with Gasteiger partial charge in [-0.25, -0.2) is 0 Å². The maximum Gasteiger partial charge on any atom is 0.191 e. The van der Waals surface area contributed by atoms with Gasteiger partial charge in [-0.05, 0) is 38.0 Å². The summed E-state index contributed by atoms with van der Waals surface area (Å²) in [6.45, 7) is 5.53. The van der Waals surface area contributed by atoms with Crippen LogP contribution in [0, 0.1) is 5.92 Å². The van der Waals surface area contributed by atoms with Gasteiger partial charge in [0, 0.05) is 13.6 Å². The number of ether oxygens (including phenoxy) is 1. The number of guanidine groups is 1. The lowest BCUT2D eigenvalue weighted by Gasteiger charge is -2.22. The van der Waals surface area contributed by atoms with Gasteiger partial charge in [0.05, 0.1) is 18.2 Å². The maximum atomic E-state index is 5.84. The molecule has 2 rings (SSSR count). The first-order valence-electron chi connectivity index (χ1n) is 7.31. The van der Waals surface area contributed by atoms with Crippen molar-refractivity contribution >= 4 is 29.9 Å². The maximum absolute atomic E-state index is 5.84. The van der Waals surface area contributed by atoms with E-state index in [0.717, 1.165) is 24.8 Å². The predicted octanol–water partition coefficient (Wildman–Crippen LogP) is 2.53. The minimum absolute atomic E-state index is 0. The third kappa shape index (κ3) is 5.10. The highest BCUT2D eigenvalue weighted by Crippen LogP contribution is 2.34. The summed E-state index contributed by atoms with van der Waals surface area (Å²) in [6, 6.07) is 0.458. The van der Waals surface area contributed by atoms with Crippen molar-refractivity contribution in [2.75, 3.05) is 13.6 Å². The molecule has 2 fully saturated rings. The Balaban J connectivity index is 0.00000180. The fourth-order valence-electron chi connectivity index (χ4n) is 2.88. The Kier molecular flexibility index (Phi) is 7.42. The van der Waals surface area contributed by atoms with Crippen LogP contribution in [0.2, 0.25) is 0 Å². The molecule has 0 aromatic heterocycles. The minimum atomic E-state index is 0. The van der Waals surface area contributed by atoms with Crippen molar-refractivity contribution in [2.24, 2.45) is 10.9 Å². The summed E-state index contributed by atoms with van der Waals surface area (Å²) >= 11 is 0. The molecule has 4 nitrogen and oxygen atoms in total. The molecular formula is C14H28IN3O. The molecule has 2 aliphatic heterocycles. The predicted molar refractivity (Wildman–Crippen MR) is 90.3 cm³/mol. The summed E-state index contributed by atoms with van der Waals surface area (Å²) in [5.41, 5.74) is 0. The van der Waals surface area contributed by atoms with Gasteiger partial charge in [0.1, 0.15) is 0 Å². The zero-order valence-electron chi connectivity index (χ0n) is 12.3. The molecule has 19 heavy (non-hydrogen) atoms. The molecule has 112 valence electrons.